The van der Waals surface area contributed by atoms with Gasteiger partial charge < -0.3 is 15.0 Å². The van der Waals surface area contributed by atoms with E-state index in [1.54, 1.807) is 6.20 Å². The van der Waals surface area contributed by atoms with E-state index in [1.807, 2.05) is 12.3 Å². The van der Waals surface area contributed by atoms with Crippen LogP contribution in [0.3, 0.4) is 0 Å². The summed E-state index contributed by atoms with van der Waals surface area (Å²) in [5.74, 6) is 1.56. The lowest BCUT2D eigenvalue weighted by Crippen LogP contribution is -2.43. The van der Waals surface area contributed by atoms with Crippen molar-refractivity contribution < 1.29 is 4.74 Å². The predicted molar refractivity (Wildman–Crippen MR) is 84.0 cm³/mol. The van der Waals surface area contributed by atoms with E-state index in [9.17, 15) is 0 Å². The van der Waals surface area contributed by atoms with Gasteiger partial charge in [0.25, 0.3) is 0 Å². The van der Waals surface area contributed by atoms with Crippen molar-refractivity contribution in [1.29, 1.82) is 0 Å². The Kier molecular flexibility index (Phi) is 6.43. The molecule has 20 heavy (non-hydrogen) atoms. The van der Waals surface area contributed by atoms with Crippen molar-refractivity contribution in [2.45, 2.75) is 39.8 Å². The fourth-order valence-electron chi connectivity index (χ4n) is 1.57. The van der Waals surface area contributed by atoms with E-state index in [0.717, 1.165) is 24.4 Å². The summed E-state index contributed by atoms with van der Waals surface area (Å²) in [6.07, 6.45) is 3.66. The zero-order chi connectivity index (χ0) is 15.2. The Bertz CT molecular complexity index is 402. The summed E-state index contributed by atoms with van der Waals surface area (Å²) in [5.41, 5.74) is 1.12. The third-order valence-corrected chi connectivity index (χ3v) is 3.52. The zero-order valence-corrected chi connectivity index (χ0v) is 13.7. The average Bonchev–Trinajstić information content (AvgIpc) is 2.37. The fraction of sp³-hybridized carbons (Fsp3) is 0.688. The first-order chi connectivity index (χ1) is 9.33. The molecule has 1 N–H and O–H groups in total. The van der Waals surface area contributed by atoms with Crippen LogP contribution in [0.4, 0.5) is 0 Å². The van der Waals surface area contributed by atoms with Gasteiger partial charge in [0.15, 0.2) is 0 Å². The predicted octanol–water partition coefficient (Wildman–Crippen LogP) is 2.55. The molecule has 114 valence electrons. The maximum atomic E-state index is 6.00. The van der Waals surface area contributed by atoms with Crippen LogP contribution in [0, 0.1) is 5.92 Å². The zero-order valence-electron chi connectivity index (χ0n) is 13.7. The average molecular weight is 279 g/mol. The van der Waals surface area contributed by atoms with Gasteiger partial charge in [-0.15, -0.1) is 0 Å². The lowest BCUT2D eigenvalue weighted by molar-refractivity contribution is 0.113. The minimum Gasteiger partial charge on any atom is -0.491 e. The topological polar surface area (TPSA) is 37.4 Å². The van der Waals surface area contributed by atoms with Crippen molar-refractivity contribution in [3.05, 3.63) is 24.0 Å². The molecule has 0 aliphatic rings. The van der Waals surface area contributed by atoms with Gasteiger partial charge in [0.1, 0.15) is 12.4 Å². The van der Waals surface area contributed by atoms with E-state index in [2.05, 4.69) is 57.0 Å². The van der Waals surface area contributed by atoms with E-state index in [1.165, 1.54) is 0 Å². The quantitative estimate of drug-likeness (QED) is 0.793. The summed E-state index contributed by atoms with van der Waals surface area (Å²) >= 11 is 0. The molecule has 0 radical (unpaired) electrons. The number of hydrogen-bond acceptors (Lipinski definition) is 4. The van der Waals surface area contributed by atoms with Crippen molar-refractivity contribution in [1.82, 2.24) is 15.2 Å². The number of pyridine rings is 1. The Hall–Kier alpha value is -1.13. The molecular weight excluding hydrogens is 250 g/mol. The third-order valence-electron chi connectivity index (χ3n) is 3.52. The number of ether oxygens (including phenoxy) is 1. The first-order valence-corrected chi connectivity index (χ1v) is 7.27. The van der Waals surface area contributed by atoms with Crippen LogP contribution < -0.4 is 10.1 Å². The fourth-order valence-corrected chi connectivity index (χ4v) is 1.57. The van der Waals surface area contributed by atoms with Crippen LogP contribution in [0.15, 0.2) is 18.5 Å². The SMILES string of the molecule is CC(C)CNCc1cnccc1OCC(C)(C)N(C)C. The second kappa shape index (κ2) is 7.60. The molecule has 1 heterocycles. The van der Waals surface area contributed by atoms with Crippen molar-refractivity contribution >= 4 is 0 Å². The summed E-state index contributed by atoms with van der Waals surface area (Å²) in [4.78, 5) is 6.36. The number of hydrogen-bond donors (Lipinski definition) is 1. The van der Waals surface area contributed by atoms with E-state index >= 15 is 0 Å². The molecule has 0 bridgehead atoms. The van der Waals surface area contributed by atoms with Crippen LogP contribution >= 0.6 is 0 Å². The van der Waals surface area contributed by atoms with E-state index in [0.29, 0.717) is 12.5 Å². The Morgan fingerprint density at radius 3 is 2.65 bits per heavy atom. The standard InChI is InChI=1S/C16H29N3O/c1-13(2)9-18-11-14-10-17-8-7-15(14)20-12-16(3,4)19(5)6/h7-8,10,13,18H,9,11-12H2,1-6H3. The highest BCUT2D eigenvalue weighted by atomic mass is 16.5. The van der Waals surface area contributed by atoms with E-state index in [4.69, 9.17) is 4.74 Å². The minimum atomic E-state index is 0.00585. The van der Waals surface area contributed by atoms with Gasteiger partial charge in [-0.1, -0.05) is 13.8 Å². The molecule has 0 atom stereocenters. The molecule has 4 heteroatoms. The molecule has 0 saturated carbocycles. The first kappa shape index (κ1) is 16.9. The van der Waals surface area contributed by atoms with Gasteiger partial charge in [-0.25, -0.2) is 0 Å². The van der Waals surface area contributed by atoms with Crippen molar-refractivity contribution in [2.75, 3.05) is 27.2 Å². The van der Waals surface area contributed by atoms with Gasteiger partial charge in [0, 0.05) is 30.0 Å². The van der Waals surface area contributed by atoms with Gasteiger partial charge in [-0.2, -0.15) is 0 Å². The Morgan fingerprint density at radius 2 is 2.05 bits per heavy atom. The number of nitrogens with one attached hydrogen (secondary N) is 1. The van der Waals surface area contributed by atoms with Crippen LogP contribution in [0.5, 0.6) is 5.75 Å². The van der Waals surface area contributed by atoms with Crippen LogP contribution in [0.25, 0.3) is 0 Å². The molecule has 1 aromatic rings. The molecule has 0 unspecified atom stereocenters. The first-order valence-electron chi connectivity index (χ1n) is 7.27. The molecule has 0 spiro atoms. The maximum Gasteiger partial charge on any atom is 0.126 e. The number of rotatable bonds is 8. The van der Waals surface area contributed by atoms with Crippen LogP contribution in [0.1, 0.15) is 33.3 Å². The van der Waals surface area contributed by atoms with E-state index in [-0.39, 0.29) is 5.54 Å². The Balaban J connectivity index is 2.61. The van der Waals surface area contributed by atoms with E-state index < -0.39 is 0 Å². The number of aromatic nitrogens is 1. The molecule has 0 aliphatic carbocycles. The van der Waals surface area contributed by atoms with Gasteiger partial charge in [0.05, 0.1) is 0 Å². The monoisotopic (exact) mass is 279 g/mol. The lowest BCUT2D eigenvalue weighted by Gasteiger charge is -2.32. The summed E-state index contributed by atoms with van der Waals surface area (Å²) in [5, 5.41) is 3.43. The molecule has 0 aliphatic heterocycles. The maximum absolute atomic E-state index is 6.00. The number of nitrogens with zero attached hydrogens (tertiary/aromatic N) is 2. The molecule has 0 fully saturated rings. The Labute approximate surface area is 123 Å². The highest BCUT2D eigenvalue weighted by Crippen LogP contribution is 2.19. The molecule has 0 amide bonds. The second-order valence-corrected chi connectivity index (χ2v) is 6.50. The highest BCUT2D eigenvalue weighted by molar-refractivity contribution is 5.30. The lowest BCUT2D eigenvalue weighted by atomic mass is 10.1. The normalized spacial score (nSPS) is 12.2. The third kappa shape index (κ3) is 5.47. The smallest absolute Gasteiger partial charge is 0.126 e. The molecular formula is C16H29N3O. The van der Waals surface area contributed by atoms with Crippen LogP contribution in [-0.4, -0.2) is 42.7 Å². The van der Waals surface area contributed by atoms with Gasteiger partial charge >= 0.3 is 0 Å². The molecule has 0 aromatic carbocycles. The molecule has 1 rings (SSSR count). The molecule has 0 saturated heterocycles. The summed E-state index contributed by atoms with van der Waals surface area (Å²) in [6.45, 7) is 11.2. The minimum absolute atomic E-state index is 0.00585. The summed E-state index contributed by atoms with van der Waals surface area (Å²) in [6, 6.07) is 1.94. The molecule has 4 nitrogen and oxygen atoms in total. The molecule has 1 aromatic heterocycles. The van der Waals surface area contributed by atoms with Gasteiger partial charge in [-0.05, 0) is 46.5 Å². The summed E-state index contributed by atoms with van der Waals surface area (Å²) in [7, 11) is 4.14. The Morgan fingerprint density at radius 1 is 1.35 bits per heavy atom. The highest BCUT2D eigenvalue weighted by Gasteiger charge is 2.21. The van der Waals surface area contributed by atoms with Crippen molar-refractivity contribution in [3.8, 4) is 5.75 Å². The van der Waals surface area contributed by atoms with Crippen LogP contribution in [0.2, 0.25) is 0 Å². The van der Waals surface area contributed by atoms with Crippen LogP contribution in [-0.2, 0) is 6.54 Å². The van der Waals surface area contributed by atoms with Gasteiger partial charge in [0.2, 0.25) is 0 Å². The summed E-state index contributed by atoms with van der Waals surface area (Å²) < 4.78 is 6.00. The number of likely N-dealkylation sites (N-methyl/N-ethyl adjacent to an activating group) is 1. The second-order valence-electron chi connectivity index (χ2n) is 6.50. The van der Waals surface area contributed by atoms with Crippen molar-refractivity contribution in [3.63, 3.8) is 0 Å². The van der Waals surface area contributed by atoms with Crippen molar-refractivity contribution in [2.24, 2.45) is 5.92 Å². The van der Waals surface area contributed by atoms with Gasteiger partial charge in [-0.3, -0.25) is 4.98 Å². The largest absolute Gasteiger partial charge is 0.491 e.